The summed E-state index contributed by atoms with van der Waals surface area (Å²) in [5.74, 6) is -0.530. The van der Waals surface area contributed by atoms with Crippen LogP contribution in [-0.4, -0.2) is 24.9 Å². The van der Waals surface area contributed by atoms with Gasteiger partial charge in [0.15, 0.2) is 0 Å². The van der Waals surface area contributed by atoms with Crippen molar-refractivity contribution in [1.82, 2.24) is 10.6 Å². The van der Waals surface area contributed by atoms with Crippen LogP contribution in [0, 0.1) is 6.92 Å². The maximum Gasteiger partial charge on any atom is 0.251 e. The number of aryl methyl sites for hydroxylation is 1. The number of amides is 2. The van der Waals surface area contributed by atoms with Crippen molar-refractivity contribution in [3.63, 3.8) is 0 Å². The zero-order valence-corrected chi connectivity index (χ0v) is 14.7. The fraction of sp³-hybridized carbons (Fsp3) is 0.222. The molecule has 0 saturated carbocycles. The molecule has 0 saturated heterocycles. The predicted molar refractivity (Wildman–Crippen MR) is 96.7 cm³/mol. The van der Waals surface area contributed by atoms with E-state index in [1.807, 2.05) is 19.1 Å². The molecular formula is C18H18Cl2N2O2. The molecule has 0 aliphatic rings. The standard InChI is InChI=1S/C18H18Cl2N2O2/c1-12-5-2-3-6-13(12)18(24)22-11-17(23)21-10-9-14-15(19)7-4-8-16(14)20/h2-8H,9-11H2,1H3,(H,21,23)(H,22,24). The first kappa shape index (κ1) is 18.3. The first-order valence-corrected chi connectivity index (χ1v) is 8.28. The average molecular weight is 365 g/mol. The van der Waals surface area contributed by atoms with Crippen LogP contribution in [0.4, 0.5) is 0 Å². The molecule has 2 N–H and O–H groups in total. The second-order valence-electron chi connectivity index (χ2n) is 5.30. The predicted octanol–water partition coefficient (Wildman–Crippen LogP) is 3.39. The molecular weight excluding hydrogens is 347 g/mol. The largest absolute Gasteiger partial charge is 0.354 e. The van der Waals surface area contributed by atoms with Gasteiger partial charge in [-0.25, -0.2) is 0 Å². The van der Waals surface area contributed by atoms with E-state index in [1.165, 1.54) is 0 Å². The van der Waals surface area contributed by atoms with Crippen LogP contribution in [-0.2, 0) is 11.2 Å². The zero-order chi connectivity index (χ0) is 17.5. The lowest BCUT2D eigenvalue weighted by atomic mass is 10.1. The molecule has 0 unspecified atom stereocenters. The molecule has 6 heteroatoms. The number of nitrogens with one attached hydrogen (secondary N) is 2. The van der Waals surface area contributed by atoms with Gasteiger partial charge in [-0.05, 0) is 42.7 Å². The Labute approximate surface area is 151 Å². The first-order chi connectivity index (χ1) is 11.5. The van der Waals surface area contributed by atoms with Crippen LogP contribution in [0.3, 0.4) is 0 Å². The van der Waals surface area contributed by atoms with Gasteiger partial charge in [0.2, 0.25) is 5.91 Å². The molecule has 2 aromatic carbocycles. The molecule has 126 valence electrons. The van der Waals surface area contributed by atoms with Gasteiger partial charge in [-0.3, -0.25) is 9.59 Å². The minimum Gasteiger partial charge on any atom is -0.354 e. The van der Waals surface area contributed by atoms with E-state index >= 15 is 0 Å². The number of halogens is 2. The van der Waals surface area contributed by atoms with Crippen LogP contribution in [0.15, 0.2) is 42.5 Å². The van der Waals surface area contributed by atoms with Crippen LogP contribution in [0.5, 0.6) is 0 Å². The summed E-state index contributed by atoms with van der Waals surface area (Å²) in [6, 6.07) is 12.5. The lowest BCUT2D eigenvalue weighted by Gasteiger charge is -2.10. The smallest absolute Gasteiger partial charge is 0.251 e. The monoisotopic (exact) mass is 364 g/mol. The second kappa shape index (κ2) is 8.71. The third-order valence-corrected chi connectivity index (χ3v) is 4.27. The summed E-state index contributed by atoms with van der Waals surface area (Å²) in [7, 11) is 0. The second-order valence-corrected chi connectivity index (χ2v) is 6.11. The van der Waals surface area contributed by atoms with Crippen LogP contribution < -0.4 is 10.6 Å². The molecule has 0 bridgehead atoms. The molecule has 24 heavy (non-hydrogen) atoms. The molecule has 0 atom stereocenters. The summed E-state index contributed by atoms with van der Waals surface area (Å²) in [6.07, 6.45) is 0.524. The molecule has 0 radical (unpaired) electrons. The Morgan fingerprint density at radius 1 is 0.958 bits per heavy atom. The van der Waals surface area contributed by atoms with Gasteiger partial charge in [-0.15, -0.1) is 0 Å². The quantitative estimate of drug-likeness (QED) is 0.825. The van der Waals surface area contributed by atoms with Crippen molar-refractivity contribution in [2.45, 2.75) is 13.3 Å². The number of carbonyl (C=O) groups excluding carboxylic acids is 2. The molecule has 2 rings (SSSR count). The molecule has 0 fully saturated rings. The summed E-state index contributed by atoms with van der Waals surface area (Å²) >= 11 is 12.2. The molecule has 0 aliphatic carbocycles. The number of rotatable bonds is 6. The number of hydrogen-bond acceptors (Lipinski definition) is 2. The van der Waals surface area contributed by atoms with Crippen molar-refractivity contribution in [3.8, 4) is 0 Å². The fourth-order valence-corrected chi connectivity index (χ4v) is 2.83. The number of benzene rings is 2. The van der Waals surface area contributed by atoms with Gasteiger partial charge >= 0.3 is 0 Å². The van der Waals surface area contributed by atoms with Crippen LogP contribution in [0.1, 0.15) is 21.5 Å². The van der Waals surface area contributed by atoms with Crippen molar-refractivity contribution in [3.05, 3.63) is 69.2 Å². The fourth-order valence-electron chi connectivity index (χ4n) is 2.24. The summed E-state index contributed by atoms with van der Waals surface area (Å²) in [6.45, 7) is 2.16. The Morgan fingerprint density at radius 3 is 2.29 bits per heavy atom. The van der Waals surface area contributed by atoms with E-state index < -0.39 is 0 Å². The maximum absolute atomic E-state index is 12.0. The minimum absolute atomic E-state index is 0.0799. The highest BCUT2D eigenvalue weighted by Gasteiger charge is 2.10. The number of carbonyl (C=O) groups is 2. The molecule has 0 heterocycles. The van der Waals surface area contributed by atoms with Gasteiger partial charge in [0.1, 0.15) is 0 Å². The Bertz CT molecular complexity index is 727. The van der Waals surface area contributed by atoms with Gasteiger partial charge in [0.05, 0.1) is 6.54 Å². The summed E-state index contributed by atoms with van der Waals surface area (Å²) in [5, 5.41) is 6.49. The highest BCUT2D eigenvalue weighted by molar-refractivity contribution is 6.36. The van der Waals surface area contributed by atoms with Gasteiger partial charge in [0, 0.05) is 22.2 Å². The van der Waals surface area contributed by atoms with E-state index in [2.05, 4.69) is 10.6 Å². The Balaban J connectivity index is 1.78. The zero-order valence-electron chi connectivity index (χ0n) is 13.2. The van der Waals surface area contributed by atoms with Crippen LogP contribution in [0.25, 0.3) is 0 Å². The average Bonchev–Trinajstić information content (AvgIpc) is 2.56. The summed E-state index contributed by atoms with van der Waals surface area (Å²) in [4.78, 5) is 23.9. The summed E-state index contributed by atoms with van der Waals surface area (Å²) < 4.78 is 0. The Hall–Kier alpha value is -2.04. The molecule has 2 aromatic rings. The van der Waals surface area contributed by atoms with Crippen molar-refractivity contribution < 1.29 is 9.59 Å². The van der Waals surface area contributed by atoms with E-state index in [0.29, 0.717) is 28.6 Å². The third-order valence-electron chi connectivity index (χ3n) is 3.56. The lowest BCUT2D eigenvalue weighted by molar-refractivity contribution is -0.120. The van der Waals surface area contributed by atoms with Crippen LogP contribution in [0.2, 0.25) is 10.0 Å². The van der Waals surface area contributed by atoms with Gasteiger partial charge < -0.3 is 10.6 Å². The molecule has 0 spiro atoms. The highest BCUT2D eigenvalue weighted by atomic mass is 35.5. The van der Waals surface area contributed by atoms with E-state index in [0.717, 1.165) is 11.1 Å². The normalized spacial score (nSPS) is 10.3. The highest BCUT2D eigenvalue weighted by Crippen LogP contribution is 2.24. The SMILES string of the molecule is Cc1ccccc1C(=O)NCC(=O)NCCc1c(Cl)cccc1Cl. The van der Waals surface area contributed by atoms with E-state index in [-0.39, 0.29) is 18.4 Å². The van der Waals surface area contributed by atoms with E-state index in [9.17, 15) is 9.59 Å². The Morgan fingerprint density at radius 2 is 1.62 bits per heavy atom. The molecule has 2 amide bonds. The maximum atomic E-state index is 12.0. The van der Waals surface area contributed by atoms with Gasteiger partial charge in [-0.2, -0.15) is 0 Å². The summed E-state index contributed by atoms with van der Waals surface area (Å²) in [5.41, 5.74) is 2.22. The number of hydrogen-bond donors (Lipinski definition) is 2. The van der Waals surface area contributed by atoms with Crippen molar-refractivity contribution in [1.29, 1.82) is 0 Å². The minimum atomic E-state index is -0.266. The molecule has 4 nitrogen and oxygen atoms in total. The lowest BCUT2D eigenvalue weighted by Crippen LogP contribution is -2.37. The molecule has 0 aromatic heterocycles. The van der Waals surface area contributed by atoms with Crippen molar-refractivity contribution in [2.75, 3.05) is 13.1 Å². The van der Waals surface area contributed by atoms with Crippen molar-refractivity contribution >= 4 is 35.0 Å². The van der Waals surface area contributed by atoms with Crippen molar-refractivity contribution in [2.24, 2.45) is 0 Å². The third kappa shape index (κ3) is 4.98. The van der Waals surface area contributed by atoms with Gasteiger partial charge in [-0.1, -0.05) is 47.5 Å². The first-order valence-electron chi connectivity index (χ1n) is 7.52. The van der Waals surface area contributed by atoms with E-state index in [4.69, 9.17) is 23.2 Å². The topological polar surface area (TPSA) is 58.2 Å². The Kier molecular flexibility index (Phi) is 6.64. The molecule has 0 aliphatic heterocycles. The van der Waals surface area contributed by atoms with Gasteiger partial charge in [0.25, 0.3) is 5.91 Å². The van der Waals surface area contributed by atoms with E-state index in [1.54, 1.807) is 30.3 Å². The van der Waals surface area contributed by atoms with Crippen LogP contribution >= 0.6 is 23.2 Å².